The minimum atomic E-state index is 0.0886. The highest BCUT2D eigenvalue weighted by atomic mass is 15.1. The van der Waals surface area contributed by atoms with E-state index in [0.717, 1.165) is 30.5 Å². The summed E-state index contributed by atoms with van der Waals surface area (Å²) in [4.78, 5) is 0. The molecule has 0 atom stereocenters. The maximum Gasteiger partial charge on any atom is 0.0923 e. The maximum atomic E-state index is 6.11. The second kappa shape index (κ2) is 2.83. The Morgan fingerprint density at radius 3 is 3.00 bits per heavy atom. The molecule has 0 amide bonds. The Kier molecular flexibility index (Phi) is 1.68. The fourth-order valence-electron chi connectivity index (χ4n) is 2.04. The number of hydrogen-bond donors (Lipinski definition) is 2. The molecule has 1 aliphatic carbocycles. The van der Waals surface area contributed by atoms with Crippen LogP contribution in [0.4, 0.5) is 0 Å². The third-order valence-corrected chi connectivity index (χ3v) is 3.26. The number of H-pyrrole nitrogens is 1. The molecule has 0 radical (unpaired) electrons. The Balaban J connectivity index is 2.01. The van der Waals surface area contributed by atoms with Gasteiger partial charge in [-0.2, -0.15) is 5.10 Å². The molecular formula is C12H15N3. The summed E-state index contributed by atoms with van der Waals surface area (Å²) >= 11 is 0. The molecule has 1 aromatic heterocycles. The fraction of sp³-hybridized carbons (Fsp3) is 0.417. The van der Waals surface area contributed by atoms with E-state index >= 15 is 0 Å². The SMILES string of the molecule is Cc1[nH]nc2ccc(CC3(N)CC3)cc12. The normalized spacial score (nSPS) is 18.3. The standard InChI is InChI=1S/C12H15N3/c1-8-10-6-9(7-12(13)4-5-12)2-3-11(10)15-14-8/h2-3,6H,4-5,7,13H2,1H3,(H,14,15). The highest BCUT2D eigenvalue weighted by Gasteiger charge is 2.37. The molecular weight excluding hydrogens is 186 g/mol. The molecule has 3 heteroatoms. The lowest BCUT2D eigenvalue weighted by Crippen LogP contribution is -2.24. The van der Waals surface area contributed by atoms with Gasteiger partial charge in [-0.1, -0.05) is 6.07 Å². The molecule has 0 bridgehead atoms. The zero-order chi connectivity index (χ0) is 10.5. The first kappa shape index (κ1) is 8.92. The van der Waals surface area contributed by atoms with Crippen LogP contribution in [-0.4, -0.2) is 15.7 Å². The lowest BCUT2D eigenvalue weighted by molar-refractivity contribution is 0.673. The molecule has 3 rings (SSSR count). The highest BCUT2D eigenvalue weighted by Crippen LogP contribution is 2.36. The summed E-state index contributed by atoms with van der Waals surface area (Å²) in [7, 11) is 0. The first-order valence-corrected chi connectivity index (χ1v) is 5.39. The van der Waals surface area contributed by atoms with Crippen molar-refractivity contribution in [2.24, 2.45) is 5.73 Å². The molecule has 78 valence electrons. The van der Waals surface area contributed by atoms with E-state index < -0.39 is 0 Å². The topological polar surface area (TPSA) is 54.7 Å². The third-order valence-electron chi connectivity index (χ3n) is 3.26. The number of rotatable bonds is 2. The van der Waals surface area contributed by atoms with Gasteiger partial charge in [-0.15, -0.1) is 0 Å². The van der Waals surface area contributed by atoms with E-state index in [0.29, 0.717) is 0 Å². The third kappa shape index (κ3) is 1.53. The van der Waals surface area contributed by atoms with Crippen molar-refractivity contribution in [2.75, 3.05) is 0 Å². The van der Waals surface area contributed by atoms with Crippen LogP contribution >= 0.6 is 0 Å². The first-order valence-electron chi connectivity index (χ1n) is 5.39. The molecule has 1 fully saturated rings. The van der Waals surface area contributed by atoms with Crippen molar-refractivity contribution < 1.29 is 0 Å². The van der Waals surface area contributed by atoms with Crippen molar-refractivity contribution in [1.29, 1.82) is 0 Å². The van der Waals surface area contributed by atoms with Gasteiger partial charge in [-0.25, -0.2) is 0 Å². The molecule has 15 heavy (non-hydrogen) atoms. The van der Waals surface area contributed by atoms with Crippen molar-refractivity contribution in [1.82, 2.24) is 10.2 Å². The molecule has 3 N–H and O–H groups in total. The Labute approximate surface area is 88.7 Å². The number of benzene rings is 1. The monoisotopic (exact) mass is 201 g/mol. The average molecular weight is 201 g/mol. The van der Waals surface area contributed by atoms with Crippen molar-refractivity contribution in [3.63, 3.8) is 0 Å². The van der Waals surface area contributed by atoms with Crippen LogP contribution < -0.4 is 5.73 Å². The molecule has 3 nitrogen and oxygen atoms in total. The Bertz CT molecular complexity index is 509. The van der Waals surface area contributed by atoms with Crippen molar-refractivity contribution in [3.8, 4) is 0 Å². The van der Waals surface area contributed by atoms with E-state index in [-0.39, 0.29) is 5.54 Å². The molecule has 1 saturated carbocycles. The van der Waals surface area contributed by atoms with Crippen molar-refractivity contribution >= 4 is 10.9 Å². The van der Waals surface area contributed by atoms with E-state index in [9.17, 15) is 0 Å². The number of fused-ring (bicyclic) bond motifs is 1. The summed E-state index contributed by atoms with van der Waals surface area (Å²) in [6.07, 6.45) is 3.32. The molecule has 1 heterocycles. The molecule has 1 aromatic carbocycles. The van der Waals surface area contributed by atoms with Crippen LogP contribution in [0.3, 0.4) is 0 Å². The summed E-state index contributed by atoms with van der Waals surface area (Å²) in [6.45, 7) is 2.05. The van der Waals surface area contributed by atoms with Gasteiger partial charge in [0, 0.05) is 16.6 Å². The number of aromatic nitrogens is 2. The number of aryl methyl sites for hydroxylation is 1. The molecule has 2 aromatic rings. The summed E-state index contributed by atoms with van der Waals surface area (Å²) < 4.78 is 0. The second-order valence-electron chi connectivity index (χ2n) is 4.74. The van der Waals surface area contributed by atoms with Crippen molar-refractivity contribution in [3.05, 3.63) is 29.5 Å². The van der Waals surface area contributed by atoms with E-state index in [2.05, 4.69) is 35.3 Å². The molecule has 0 spiro atoms. The van der Waals surface area contributed by atoms with Gasteiger partial charge in [0.1, 0.15) is 0 Å². The van der Waals surface area contributed by atoms with Gasteiger partial charge in [0.2, 0.25) is 0 Å². The number of nitrogens with zero attached hydrogens (tertiary/aromatic N) is 1. The van der Waals surface area contributed by atoms with E-state index in [1.165, 1.54) is 10.9 Å². The summed E-state index contributed by atoms with van der Waals surface area (Å²) in [6, 6.07) is 6.41. The van der Waals surface area contributed by atoms with Crippen LogP contribution in [0.5, 0.6) is 0 Å². The number of nitrogens with one attached hydrogen (secondary N) is 1. The Morgan fingerprint density at radius 2 is 2.27 bits per heavy atom. The van der Waals surface area contributed by atoms with Gasteiger partial charge in [0.15, 0.2) is 0 Å². The zero-order valence-corrected chi connectivity index (χ0v) is 8.88. The van der Waals surface area contributed by atoms with Crippen LogP contribution in [0.2, 0.25) is 0 Å². The van der Waals surface area contributed by atoms with Gasteiger partial charge in [-0.3, -0.25) is 5.10 Å². The summed E-state index contributed by atoms with van der Waals surface area (Å²) in [5.41, 5.74) is 9.70. The lowest BCUT2D eigenvalue weighted by atomic mass is 10.0. The van der Waals surface area contributed by atoms with Crippen LogP contribution in [0, 0.1) is 6.92 Å². The Hall–Kier alpha value is -1.35. The van der Waals surface area contributed by atoms with Crippen LogP contribution in [0.1, 0.15) is 24.1 Å². The molecule has 0 unspecified atom stereocenters. The minimum absolute atomic E-state index is 0.0886. The maximum absolute atomic E-state index is 6.11. The predicted octanol–water partition coefficient (Wildman–Crippen LogP) is 1.91. The fourth-order valence-corrected chi connectivity index (χ4v) is 2.04. The summed E-state index contributed by atoms with van der Waals surface area (Å²) in [5, 5.41) is 8.44. The molecule has 0 aliphatic heterocycles. The second-order valence-corrected chi connectivity index (χ2v) is 4.74. The van der Waals surface area contributed by atoms with Crippen molar-refractivity contribution in [2.45, 2.75) is 31.7 Å². The van der Waals surface area contributed by atoms with Crippen LogP contribution in [0.15, 0.2) is 18.2 Å². The van der Waals surface area contributed by atoms with Crippen LogP contribution in [0.25, 0.3) is 10.9 Å². The quantitative estimate of drug-likeness (QED) is 0.779. The summed E-state index contributed by atoms with van der Waals surface area (Å²) in [5.74, 6) is 0. The number of hydrogen-bond acceptors (Lipinski definition) is 2. The smallest absolute Gasteiger partial charge is 0.0923 e. The van der Waals surface area contributed by atoms with Gasteiger partial charge in [0.05, 0.1) is 5.52 Å². The number of nitrogens with two attached hydrogens (primary N) is 1. The van der Waals surface area contributed by atoms with Gasteiger partial charge in [0.25, 0.3) is 0 Å². The largest absolute Gasteiger partial charge is 0.325 e. The Morgan fingerprint density at radius 1 is 1.47 bits per heavy atom. The van der Waals surface area contributed by atoms with E-state index in [1.54, 1.807) is 0 Å². The van der Waals surface area contributed by atoms with E-state index in [4.69, 9.17) is 5.73 Å². The first-order chi connectivity index (χ1) is 7.16. The predicted molar refractivity (Wildman–Crippen MR) is 60.7 cm³/mol. The number of aromatic amines is 1. The van der Waals surface area contributed by atoms with E-state index in [1.807, 2.05) is 0 Å². The molecule has 1 aliphatic rings. The highest BCUT2D eigenvalue weighted by molar-refractivity contribution is 5.81. The minimum Gasteiger partial charge on any atom is -0.325 e. The van der Waals surface area contributed by atoms with Gasteiger partial charge in [-0.05, 0) is 43.9 Å². The van der Waals surface area contributed by atoms with Crippen LogP contribution in [-0.2, 0) is 6.42 Å². The zero-order valence-electron chi connectivity index (χ0n) is 8.88. The van der Waals surface area contributed by atoms with Gasteiger partial charge < -0.3 is 5.73 Å². The lowest BCUT2D eigenvalue weighted by Gasteiger charge is -2.08. The average Bonchev–Trinajstić information content (AvgIpc) is 2.82. The van der Waals surface area contributed by atoms with Gasteiger partial charge >= 0.3 is 0 Å². The molecule has 0 saturated heterocycles.